The number of fused-ring (bicyclic) bond motifs is 1. The standard InChI is InChI=1S/C20H20FN3O2/c1-4-8-26-16-7-5-6-15(11-16)24-20(25)17-9-14(21)10-18-19(17)23-13(3)12(2)22-18/h5-7,9-11H,4,8H2,1-3H3,(H,24,25). The highest BCUT2D eigenvalue weighted by atomic mass is 19.1. The molecule has 2 aromatic carbocycles. The molecule has 0 fully saturated rings. The zero-order chi connectivity index (χ0) is 18.7. The van der Waals surface area contributed by atoms with Gasteiger partial charge in [0.05, 0.1) is 29.1 Å². The molecule has 1 heterocycles. The molecule has 6 heteroatoms. The number of anilines is 1. The molecule has 3 rings (SSSR count). The molecular weight excluding hydrogens is 333 g/mol. The van der Waals surface area contributed by atoms with Crippen LogP contribution < -0.4 is 10.1 Å². The highest BCUT2D eigenvalue weighted by Crippen LogP contribution is 2.22. The fourth-order valence-electron chi connectivity index (χ4n) is 2.55. The van der Waals surface area contributed by atoms with Crippen LogP contribution in [0.15, 0.2) is 36.4 Å². The largest absolute Gasteiger partial charge is 0.494 e. The van der Waals surface area contributed by atoms with Crippen molar-refractivity contribution in [2.24, 2.45) is 0 Å². The van der Waals surface area contributed by atoms with Crippen LogP contribution in [0.4, 0.5) is 10.1 Å². The predicted molar refractivity (Wildman–Crippen MR) is 99.2 cm³/mol. The van der Waals surface area contributed by atoms with Gasteiger partial charge in [0.2, 0.25) is 0 Å². The predicted octanol–water partition coefficient (Wildman–Crippen LogP) is 4.43. The number of nitrogens with one attached hydrogen (secondary N) is 1. The molecule has 0 atom stereocenters. The molecular formula is C20H20FN3O2. The second-order valence-corrected chi connectivity index (χ2v) is 6.05. The third kappa shape index (κ3) is 3.79. The van der Waals surface area contributed by atoms with Gasteiger partial charge < -0.3 is 10.1 Å². The Morgan fingerprint density at radius 2 is 1.92 bits per heavy atom. The summed E-state index contributed by atoms with van der Waals surface area (Å²) < 4.78 is 19.5. The number of hydrogen-bond acceptors (Lipinski definition) is 4. The summed E-state index contributed by atoms with van der Waals surface area (Å²) in [5.41, 5.74) is 2.86. The number of aromatic nitrogens is 2. The van der Waals surface area contributed by atoms with E-state index >= 15 is 0 Å². The number of hydrogen-bond donors (Lipinski definition) is 1. The van der Waals surface area contributed by atoms with E-state index in [2.05, 4.69) is 15.3 Å². The van der Waals surface area contributed by atoms with Crippen LogP contribution in [0.3, 0.4) is 0 Å². The first-order valence-corrected chi connectivity index (χ1v) is 8.46. The van der Waals surface area contributed by atoms with Crippen molar-refractivity contribution < 1.29 is 13.9 Å². The first kappa shape index (κ1) is 17.8. The normalized spacial score (nSPS) is 10.8. The van der Waals surface area contributed by atoms with Gasteiger partial charge in [-0.2, -0.15) is 0 Å². The lowest BCUT2D eigenvalue weighted by atomic mass is 10.1. The van der Waals surface area contributed by atoms with Crippen LogP contribution in [0.1, 0.15) is 35.1 Å². The van der Waals surface area contributed by atoms with Gasteiger partial charge >= 0.3 is 0 Å². The van der Waals surface area contributed by atoms with Gasteiger partial charge in [-0.3, -0.25) is 4.79 Å². The summed E-state index contributed by atoms with van der Waals surface area (Å²) in [5.74, 6) is -0.306. The number of nitrogens with zero attached hydrogens (tertiary/aromatic N) is 2. The van der Waals surface area contributed by atoms with Crippen LogP contribution in [0.25, 0.3) is 11.0 Å². The number of ether oxygens (including phenoxy) is 1. The van der Waals surface area contributed by atoms with E-state index in [4.69, 9.17) is 4.74 Å². The zero-order valence-electron chi connectivity index (χ0n) is 15.0. The Hall–Kier alpha value is -3.02. The molecule has 0 radical (unpaired) electrons. The maximum Gasteiger partial charge on any atom is 0.258 e. The Labute approximate surface area is 151 Å². The minimum absolute atomic E-state index is 0.149. The van der Waals surface area contributed by atoms with E-state index in [0.717, 1.165) is 6.42 Å². The molecule has 0 aliphatic heterocycles. The van der Waals surface area contributed by atoms with E-state index in [1.165, 1.54) is 12.1 Å². The van der Waals surface area contributed by atoms with E-state index in [9.17, 15) is 9.18 Å². The number of benzene rings is 2. The van der Waals surface area contributed by atoms with E-state index in [1.807, 2.05) is 13.0 Å². The zero-order valence-corrected chi connectivity index (χ0v) is 15.0. The third-order valence-corrected chi connectivity index (χ3v) is 3.96. The molecule has 0 aliphatic carbocycles. The Morgan fingerprint density at radius 1 is 1.15 bits per heavy atom. The van der Waals surface area contributed by atoms with Crippen LogP contribution in [0.5, 0.6) is 5.75 Å². The molecule has 0 aliphatic rings. The van der Waals surface area contributed by atoms with Gasteiger partial charge in [0.25, 0.3) is 5.91 Å². The molecule has 0 bridgehead atoms. The average molecular weight is 353 g/mol. The monoisotopic (exact) mass is 353 g/mol. The van der Waals surface area contributed by atoms with E-state index in [1.54, 1.807) is 32.0 Å². The molecule has 0 saturated carbocycles. The Kier molecular flexibility index (Phi) is 5.11. The number of carbonyl (C=O) groups excluding carboxylic acids is 1. The van der Waals surface area contributed by atoms with Crippen molar-refractivity contribution in [2.75, 3.05) is 11.9 Å². The highest BCUT2D eigenvalue weighted by Gasteiger charge is 2.16. The van der Waals surface area contributed by atoms with Gasteiger partial charge in [-0.1, -0.05) is 13.0 Å². The summed E-state index contributed by atoms with van der Waals surface area (Å²) in [5, 5.41) is 2.78. The quantitative estimate of drug-likeness (QED) is 0.737. The van der Waals surface area contributed by atoms with Gasteiger partial charge in [-0.25, -0.2) is 14.4 Å². The Morgan fingerprint density at radius 3 is 2.69 bits per heavy atom. The first-order valence-electron chi connectivity index (χ1n) is 8.46. The smallest absolute Gasteiger partial charge is 0.258 e. The topological polar surface area (TPSA) is 64.1 Å². The molecule has 134 valence electrons. The van der Waals surface area contributed by atoms with Crippen LogP contribution in [-0.4, -0.2) is 22.5 Å². The fourth-order valence-corrected chi connectivity index (χ4v) is 2.55. The summed E-state index contributed by atoms with van der Waals surface area (Å²) in [4.78, 5) is 21.5. The number of amides is 1. The SMILES string of the molecule is CCCOc1cccc(NC(=O)c2cc(F)cc3nc(C)c(C)nc23)c1. The lowest BCUT2D eigenvalue weighted by Gasteiger charge is -2.11. The van der Waals surface area contributed by atoms with Crippen LogP contribution in [-0.2, 0) is 0 Å². The second-order valence-electron chi connectivity index (χ2n) is 6.05. The lowest BCUT2D eigenvalue weighted by Crippen LogP contribution is -2.14. The summed E-state index contributed by atoms with van der Waals surface area (Å²) >= 11 is 0. The number of aryl methyl sites for hydroxylation is 2. The second kappa shape index (κ2) is 7.47. The maximum atomic E-state index is 14.0. The summed E-state index contributed by atoms with van der Waals surface area (Å²) in [6, 6.07) is 9.55. The van der Waals surface area contributed by atoms with Crippen molar-refractivity contribution in [2.45, 2.75) is 27.2 Å². The molecule has 26 heavy (non-hydrogen) atoms. The van der Waals surface area contributed by atoms with E-state index in [0.29, 0.717) is 40.5 Å². The molecule has 1 amide bonds. The number of halogens is 1. The molecule has 3 aromatic rings. The van der Waals surface area contributed by atoms with E-state index < -0.39 is 11.7 Å². The van der Waals surface area contributed by atoms with Crippen LogP contribution >= 0.6 is 0 Å². The molecule has 0 unspecified atom stereocenters. The van der Waals surface area contributed by atoms with Crippen LogP contribution in [0, 0.1) is 19.7 Å². The van der Waals surface area contributed by atoms with Crippen molar-refractivity contribution in [3.05, 3.63) is 59.2 Å². The minimum Gasteiger partial charge on any atom is -0.494 e. The molecule has 5 nitrogen and oxygen atoms in total. The van der Waals surface area contributed by atoms with Crippen molar-refractivity contribution >= 4 is 22.6 Å². The highest BCUT2D eigenvalue weighted by molar-refractivity contribution is 6.11. The van der Waals surface area contributed by atoms with Gasteiger partial charge in [-0.05, 0) is 38.5 Å². The first-order chi connectivity index (χ1) is 12.5. The van der Waals surface area contributed by atoms with Gasteiger partial charge in [-0.15, -0.1) is 0 Å². The minimum atomic E-state index is -0.528. The van der Waals surface area contributed by atoms with E-state index in [-0.39, 0.29) is 5.56 Å². The fraction of sp³-hybridized carbons (Fsp3) is 0.250. The molecule has 0 saturated heterocycles. The Balaban J connectivity index is 1.94. The van der Waals surface area contributed by atoms with Crippen molar-refractivity contribution in [3.63, 3.8) is 0 Å². The van der Waals surface area contributed by atoms with Crippen LogP contribution in [0.2, 0.25) is 0 Å². The average Bonchev–Trinajstić information content (AvgIpc) is 2.61. The molecule has 1 aromatic heterocycles. The third-order valence-electron chi connectivity index (χ3n) is 3.96. The molecule has 1 N–H and O–H groups in total. The molecule has 0 spiro atoms. The van der Waals surface area contributed by atoms with Crippen molar-refractivity contribution in [3.8, 4) is 5.75 Å². The van der Waals surface area contributed by atoms with Gasteiger partial charge in [0.15, 0.2) is 0 Å². The summed E-state index contributed by atoms with van der Waals surface area (Å²) in [6.07, 6.45) is 0.892. The number of rotatable bonds is 5. The number of carbonyl (C=O) groups is 1. The maximum absolute atomic E-state index is 14.0. The van der Waals surface area contributed by atoms with Crippen molar-refractivity contribution in [1.29, 1.82) is 0 Å². The summed E-state index contributed by atoms with van der Waals surface area (Å²) in [6.45, 7) is 6.22. The Bertz CT molecular complexity index is 973. The lowest BCUT2D eigenvalue weighted by molar-refractivity contribution is 0.102. The summed E-state index contributed by atoms with van der Waals surface area (Å²) in [7, 11) is 0. The van der Waals surface area contributed by atoms with Gasteiger partial charge in [0, 0.05) is 17.8 Å². The van der Waals surface area contributed by atoms with Crippen molar-refractivity contribution in [1.82, 2.24) is 9.97 Å². The van der Waals surface area contributed by atoms with Gasteiger partial charge in [0.1, 0.15) is 17.1 Å².